The lowest BCUT2D eigenvalue weighted by atomic mass is 10.0. The molecule has 0 aromatic heterocycles. The number of halogens is 1. The average molecular weight is 416 g/mol. The van der Waals surface area contributed by atoms with Crippen LogP contribution < -0.4 is 14.5 Å². The minimum Gasteiger partial charge on any atom is -0.494 e. The standard InChI is InChI=1S/C25H21FN2O3/c1-3-31-21-11-7-10-20(16-21)28-24(29)22(17-12-14-18(26)15-13-17)23(25(28)30)27(2)19-8-5-4-6-9-19/h4-16H,3H2,1-2H3. The maximum atomic E-state index is 13.5. The largest absolute Gasteiger partial charge is 0.494 e. The van der Waals surface area contributed by atoms with E-state index in [1.807, 2.05) is 37.3 Å². The highest BCUT2D eigenvalue weighted by atomic mass is 19.1. The number of benzene rings is 3. The zero-order valence-corrected chi connectivity index (χ0v) is 17.2. The summed E-state index contributed by atoms with van der Waals surface area (Å²) in [6.45, 7) is 2.33. The number of hydrogen-bond acceptors (Lipinski definition) is 4. The molecule has 0 atom stereocenters. The molecule has 1 aliphatic heterocycles. The molecule has 1 aliphatic rings. The lowest BCUT2D eigenvalue weighted by Gasteiger charge is -2.21. The van der Waals surface area contributed by atoms with Gasteiger partial charge in [-0.3, -0.25) is 9.59 Å². The number of para-hydroxylation sites is 1. The molecule has 31 heavy (non-hydrogen) atoms. The normalized spacial score (nSPS) is 13.7. The second-order valence-electron chi connectivity index (χ2n) is 7.00. The van der Waals surface area contributed by atoms with Crippen molar-refractivity contribution < 1.29 is 18.7 Å². The first-order valence-electron chi connectivity index (χ1n) is 9.92. The Morgan fingerprint density at radius 2 is 1.61 bits per heavy atom. The molecule has 0 unspecified atom stereocenters. The summed E-state index contributed by atoms with van der Waals surface area (Å²) in [5, 5.41) is 0. The smallest absolute Gasteiger partial charge is 0.282 e. The Labute approximate surface area is 180 Å². The second kappa shape index (κ2) is 8.44. The highest BCUT2D eigenvalue weighted by molar-refractivity contribution is 6.46. The number of amides is 2. The Morgan fingerprint density at radius 1 is 0.903 bits per heavy atom. The Morgan fingerprint density at radius 3 is 2.29 bits per heavy atom. The van der Waals surface area contributed by atoms with Gasteiger partial charge in [0.15, 0.2) is 0 Å². The van der Waals surface area contributed by atoms with E-state index in [4.69, 9.17) is 4.74 Å². The molecular weight excluding hydrogens is 395 g/mol. The van der Waals surface area contributed by atoms with Crippen LogP contribution in [0.3, 0.4) is 0 Å². The molecule has 0 bridgehead atoms. The van der Waals surface area contributed by atoms with Crippen molar-refractivity contribution in [2.75, 3.05) is 23.5 Å². The van der Waals surface area contributed by atoms with Gasteiger partial charge in [-0.25, -0.2) is 9.29 Å². The van der Waals surface area contributed by atoms with E-state index in [9.17, 15) is 14.0 Å². The van der Waals surface area contributed by atoms with Gasteiger partial charge in [0.05, 0.1) is 17.9 Å². The highest BCUT2D eigenvalue weighted by Crippen LogP contribution is 2.36. The van der Waals surface area contributed by atoms with Crippen LogP contribution in [0.1, 0.15) is 12.5 Å². The topological polar surface area (TPSA) is 49.9 Å². The molecule has 1 heterocycles. The highest BCUT2D eigenvalue weighted by Gasteiger charge is 2.42. The van der Waals surface area contributed by atoms with E-state index in [1.165, 1.54) is 24.3 Å². The molecule has 156 valence electrons. The van der Waals surface area contributed by atoms with Crippen LogP contribution in [0.25, 0.3) is 5.57 Å². The van der Waals surface area contributed by atoms with Crippen molar-refractivity contribution in [2.24, 2.45) is 0 Å². The van der Waals surface area contributed by atoms with Crippen molar-refractivity contribution in [3.8, 4) is 5.75 Å². The number of ether oxygens (including phenoxy) is 1. The zero-order valence-electron chi connectivity index (χ0n) is 17.2. The lowest BCUT2D eigenvalue weighted by molar-refractivity contribution is -0.120. The maximum Gasteiger partial charge on any atom is 0.282 e. The molecule has 0 spiro atoms. The first-order chi connectivity index (χ1) is 15.0. The Hall–Kier alpha value is -3.93. The van der Waals surface area contributed by atoms with E-state index < -0.39 is 17.6 Å². The van der Waals surface area contributed by atoms with Crippen molar-refractivity contribution >= 4 is 28.8 Å². The van der Waals surface area contributed by atoms with Crippen LogP contribution in [0.5, 0.6) is 5.75 Å². The predicted octanol–water partition coefficient (Wildman–Crippen LogP) is 4.65. The van der Waals surface area contributed by atoms with Crippen molar-refractivity contribution in [3.63, 3.8) is 0 Å². The fourth-order valence-corrected chi connectivity index (χ4v) is 3.60. The second-order valence-corrected chi connectivity index (χ2v) is 7.00. The van der Waals surface area contributed by atoms with Crippen LogP contribution in [0.4, 0.5) is 15.8 Å². The summed E-state index contributed by atoms with van der Waals surface area (Å²) < 4.78 is 19.1. The van der Waals surface area contributed by atoms with E-state index in [2.05, 4.69) is 0 Å². The van der Waals surface area contributed by atoms with Gasteiger partial charge >= 0.3 is 0 Å². The zero-order chi connectivity index (χ0) is 22.0. The molecule has 6 heteroatoms. The number of carbonyl (C=O) groups excluding carboxylic acids is 2. The van der Waals surface area contributed by atoms with Crippen LogP contribution in [-0.2, 0) is 9.59 Å². The summed E-state index contributed by atoms with van der Waals surface area (Å²) in [5.74, 6) is -0.776. The number of likely N-dealkylation sites (N-methyl/N-ethyl adjacent to an activating group) is 1. The van der Waals surface area contributed by atoms with E-state index in [-0.39, 0.29) is 11.3 Å². The van der Waals surface area contributed by atoms with Crippen molar-refractivity contribution in [1.29, 1.82) is 0 Å². The minimum absolute atomic E-state index is 0.221. The van der Waals surface area contributed by atoms with Gasteiger partial charge in [0.25, 0.3) is 11.8 Å². The van der Waals surface area contributed by atoms with Gasteiger partial charge in [-0.2, -0.15) is 0 Å². The van der Waals surface area contributed by atoms with Crippen molar-refractivity contribution in [3.05, 3.63) is 95.9 Å². The Balaban J connectivity index is 1.84. The molecule has 0 saturated carbocycles. The number of hydrogen-bond donors (Lipinski definition) is 0. The first-order valence-corrected chi connectivity index (χ1v) is 9.92. The number of nitrogens with zero attached hydrogens (tertiary/aromatic N) is 2. The van der Waals surface area contributed by atoms with Gasteiger partial charge in [-0.05, 0) is 48.9 Å². The quantitative estimate of drug-likeness (QED) is 0.549. The molecule has 3 aromatic rings. The fraction of sp³-hybridized carbons (Fsp3) is 0.120. The number of carbonyl (C=O) groups is 2. The minimum atomic E-state index is -0.469. The third-order valence-corrected chi connectivity index (χ3v) is 5.06. The van der Waals surface area contributed by atoms with Gasteiger partial charge < -0.3 is 9.64 Å². The molecule has 2 amide bonds. The third-order valence-electron chi connectivity index (χ3n) is 5.06. The van der Waals surface area contributed by atoms with Crippen LogP contribution in [-0.4, -0.2) is 25.5 Å². The number of anilines is 2. The van der Waals surface area contributed by atoms with Gasteiger partial charge in [0, 0.05) is 18.8 Å². The SMILES string of the molecule is CCOc1cccc(N2C(=O)C(c3ccc(F)cc3)=C(N(C)c3ccccc3)C2=O)c1. The van der Waals surface area contributed by atoms with Crippen molar-refractivity contribution in [1.82, 2.24) is 0 Å². The Bertz CT molecular complexity index is 1160. The van der Waals surface area contributed by atoms with Crippen LogP contribution in [0.2, 0.25) is 0 Å². The van der Waals surface area contributed by atoms with Crippen LogP contribution >= 0.6 is 0 Å². The molecule has 5 nitrogen and oxygen atoms in total. The molecular formula is C25H21FN2O3. The Kier molecular flexibility index (Phi) is 5.54. The number of rotatable bonds is 6. The van der Waals surface area contributed by atoms with E-state index >= 15 is 0 Å². The van der Waals surface area contributed by atoms with Gasteiger partial charge in [0.1, 0.15) is 17.3 Å². The molecule has 4 rings (SSSR count). The molecule has 0 radical (unpaired) electrons. The summed E-state index contributed by atoms with van der Waals surface area (Å²) in [7, 11) is 1.74. The summed E-state index contributed by atoms with van der Waals surface area (Å²) in [6.07, 6.45) is 0. The van der Waals surface area contributed by atoms with Gasteiger partial charge in [0.2, 0.25) is 0 Å². The van der Waals surface area contributed by atoms with E-state index in [1.54, 1.807) is 36.2 Å². The monoisotopic (exact) mass is 416 g/mol. The van der Waals surface area contributed by atoms with Crippen molar-refractivity contribution in [2.45, 2.75) is 6.92 Å². The average Bonchev–Trinajstić information content (AvgIpc) is 3.05. The fourth-order valence-electron chi connectivity index (χ4n) is 3.60. The summed E-state index contributed by atoms with van der Waals surface area (Å²) >= 11 is 0. The molecule has 0 fully saturated rings. The molecule has 0 saturated heterocycles. The van der Waals surface area contributed by atoms with Crippen LogP contribution in [0.15, 0.2) is 84.6 Å². The lowest BCUT2D eigenvalue weighted by Crippen LogP contribution is -2.34. The summed E-state index contributed by atoms with van der Waals surface area (Å²) in [6, 6.07) is 21.7. The van der Waals surface area contributed by atoms with Gasteiger partial charge in [-0.15, -0.1) is 0 Å². The third kappa shape index (κ3) is 3.80. The molecule has 3 aromatic carbocycles. The molecule has 0 N–H and O–H groups in total. The van der Waals surface area contributed by atoms with E-state index in [0.717, 1.165) is 10.6 Å². The maximum absolute atomic E-state index is 13.5. The predicted molar refractivity (Wildman–Crippen MR) is 118 cm³/mol. The summed E-state index contributed by atoms with van der Waals surface area (Å²) in [4.78, 5) is 29.9. The van der Waals surface area contributed by atoms with Gasteiger partial charge in [-0.1, -0.05) is 36.4 Å². The van der Waals surface area contributed by atoms with Crippen LogP contribution in [0, 0.1) is 5.82 Å². The summed E-state index contributed by atoms with van der Waals surface area (Å²) in [5.41, 5.74) is 2.09. The molecule has 0 aliphatic carbocycles. The number of imide groups is 1. The first kappa shape index (κ1) is 20.3. The van der Waals surface area contributed by atoms with E-state index in [0.29, 0.717) is 23.6 Å².